The molecule has 2 aromatic carbocycles. The van der Waals surface area contributed by atoms with Crippen molar-refractivity contribution in [3.63, 3.8) is 0 Å². The largest absolute Gasteiger partial charge is 0.439 e. The van der Waals surface area contributed by atoms with Gasteiger partial charge in [-0.2, -0.15) is 0 Å². The molecule has 4 heteroatoms. The lowest BCUT2D eigenvalue weighted by Crippen LogP contribution is -1.94. The van der Waals surface area contributed by atoms with Crippen molar-refractivity contribution in [1.82, 2.24) is 4.98 Å². The summed E-state index contributed by atoms with van der Waals surface area (Å²) in [5.74, 6) is 1.46. The number of ether oxygens (including phenoxy) is 1. The fourth-order valence-corrected chi connectivity index (χ4v) is 2.88. The summed E-state index contributed by atoms with van der Waals surface area (Å²) < 4.78 is 7.08. The molecule has 0 radical (unpaired) electrons. The zero-order chi connectivity index (χ0) is 13.9. The Morgan fingerprint density at radius 1 is 1.05 bits per heavy atom. The number of benzene rings is 2. The first-order valence-corrected chi connectivity index (χ1v) is 8.34. The molecule has 0 aliphatic heterocycles. The second-order valence-corrected chi connectivity index (χ2v) is 6.14. The fourth-order valence-electron chi connectivity index (χ4n) is 1.97. The van der Waals surface area contributed by atoms with Crippen LogP contribution in [0.2, 0.25) is 0 Å². The molecular weight excluding hydrogens is 429 g/mol. The maximum Gasteiger partial charge on any atom is 0.223 e. The molecule has 3 rings (SSSR count). The maximum atomic E-state index is 5.94. The van der Waals surface area contributed by atoms with Gasteiger partial charge in [-0.05, 0) is 52.9 Å². The molecule has 1 heterocycles. The summed E-state index contributed by atoms with van der Waals surface area (Å²) in [6.07, 6.45) is 0. The average molecular weight is 440 g/mol. The van der Waals surface area contributed by atoms with E-state index in [2.05, 4.69) is 55.6 Å². The van der Waals surface area contributed by atoms with Crippen LogP contribution in [0.3, 0.4) is 0 Å². The Balaban J connectivity index is 2.05. The summed E-state index contributed by atoms with van der Waals surface area (Å²) in [7, 11) is 0. The van der Waals surface area contributed by atoms with Crippen molar-refractivity contribution < 1.29 is 4.74 Å². The molecule has 0 unspecified atom stereocenters. The van der Waals surface area contributed by atoms with E-state index < -0.39 is 0 Å². The SMILES string of the molecule is BrCc1cc2ccccc2nc1Oc1cccc(I)c1. The molecule has 3 aromatic rings. The highest BCUT2D eigenvalue weighted by molar-refractivity contribution is 14.1. The smallest absolute Gasteiger partial charge is 0.223 e. The Morgan fingerprint density at radius 3 is 2.70 bits per heavy atom. The number of hydrogen-bond acceptors (Lipinski definition) is 2. The van der Waals surface area contributed by atoms with Crippen LogP contribution in [0, 0.1) is 3.57 Å². The minimum absolute atomic E-state index is 0.655. The minimum Gasteiger partial charge on any atom is -0.439 e. The molecule has 0 aliphatic carbocycles. The highest BCUT2D eigenvalue weighted by atomic mass is 127. The third kappa shape index (κ3) is 2.96. The summed E-state index contributed by atoms with van der Waals surface area (Å²) in [6.45, 7) is 0. The van der Waals surface area contributed by atoms with Crippen LogP contribution in [0.25, 0.3) is 10.9 Å². The molecule has 0 amide bonds. The van der Waals surface area contributed by atoms with Gasteiger partial charge in [-0.15, -0.1) is 0 Å². The lowest BCUT2D eigenvalue weighted by atomic mass is 10.2. The Hall–Kier alpha value is -1.14. The van der Waals surface area contributed by atoms with E-state index in [9.17, 15) is 0 Å². The molecule has 1 aromatic heterocycles. The van der Waals surface area contributed by atoms with E-state index in [1.54, 1.807) is 0 Å². The minimum atomic E-state index is 0.655. The zero-order valence-corrected chi connectivity index (χ0v) is 14.3. The highest BCUT2D eigenvalue weighted by Gasteiger charge is 2.08. The fraction of sp³-hybridized carbons (Fsp3) is 0.0625. The highest BCUT2D eigenvalue weighted by Crippen LogP contribution is 2.29. The van der Waals surface area contributed by atoms with Crippen molar-refractivity contribution in [2.75, 3.05) is 0 Å². The van der Waals surface area contributed by atoms with Crippen LogP contribution in [0.1, 0.15) is 5.56 Å². The third-order valence-corrected chi connectivity index (χ3v) is 4.19. The van der Waals surface area contributed by atoms with Crippen LogP contribution in [-0.2, 0) is 5.33 Å². The summed E-state index contributed by atoms with van der Waals surface area (Å²) in [5.41, 5.74) is 1.99. The maximum absolute atomic E-state index is 5.94. The van der Waals surface area contributed by atoms with E-state index in [4.69, 9.17) is 4.74 Å². The van der Waals surface area contributed by atoms with Gasteiger partial charge >= 0.3 is 0 Å². The predicted octanol–water partition coefficient (Wildman–Crippen LogP) is 5.53. The Bertz CT molecular complexity index is 760. The summed E-state index contributed by atoms with van der Waals surface area (Å²) >= 11 is 5.77. The van der Waals surface area contributed by atoms with Crippen LogP contribution >= 0.6 is 38.5 Å². The van der Waals surface area contributed by atoms with Crippen LogP contribution in [0.5, 0.6) is 11.6 Å². The lowest BCUT2D eigenvalue weighted by Gasteiger charge is -2.10. The van der Waals surface area contributed by atoms with Gasteiger partial charge in [-0.25, -0.2) is 4.98 Å². The number of rotatable bonds is 3. The van der Waals surface area contributed by atoms with Gasteiger partial charge < -0.3 is 4.74 Å². The van der Waals surface area contributed by atoms with Crippen LogP contribution in [0.4, 0.5) is 0 Å². The molecule has 0 saturated carbocycles. The molecule has 0 atom stereocenters. The number of pyridine rings is 1. The molecular formula is C16H11BrINO. The second-order valence-electron chi connectivity index (χ2n) is 4.34. The van der Waals surface area contributed by atoms with Gasteiger partial charge in [0.2, 0.25) is 5.88 Å². The van der Waals surface area contributed by atoms with Crippen LogP contribution in [0.15, 0.2) is 54.6 Å². The molecule has 0 N–H and O–H groups in total. The lowest BCUT2D eigenvalue weighted by molar-refractivity contribution is 0.460. The Kier molecular flexibility index (Phi) is 4.21. The van der Waals surface area contributed by atoms with Gasteiger partial charge in [0, 0.05) is 19.8 Å². The number of fused-ring (bicyclic) bond motifs is 1. The molecule has 0 aliphatic rings. The molecule has 0 bridgehead atoms. The molecule has 0 fully saturated rings. The number of nitrogens with zero attached hydrogens (tertiary/aromatic N) is 1. The first-order valence-electron chi connectivity index (χ1n) is 6.14. The normalized spacial score (nSPS) is 10.7. The van der Waals surface area contributed by atoms with Crippen molar-refractivity contribution in [1.29, 1.82) is 0 Å². The predicted molar refractivity (Wildman–Crippen MR) is 93.6 cm³/mol. The summed E-state index contributed by atoms with van der Waals surface area (Å²) in [6, 6.07) is 18.1. The van der Waals surface area contributed by atoms with Gasteiger partial charge in [0.25, 0.3) is 0 Å². The molecule has 0 spiro atoms. The Labute approximate surface area is 139 Å². The van der Waals surface area contributed by atoms with Crippen LogP contribution < -0.4 is 4.74 Å². The van der Waals surface area contributed by atoms with Gasteiger partial charge in [-0.3, -0.25) is 0 Å². The van der Waals surface area contributed by atoms with Crippen molar-refractivity contribution in [2.24, 2.45) is 0 Å². The zero-order valence-electron chi connectivity index (χ0n) is 10.5. The van der Waals surface area contributed by atoms with E-state index in [1.807, 2.05) is 42.5 Å². The second kappa shape index (κ2) is 6.10. The van der Waals surface area contributed by atoms with Crippen molar-refractivity contribution >= 4 is 49.4 Å². The van der Waals surface area contributed by atoms with Crippen molar-refractivity contribution in [3.8, 4) is 11.6 Å². The molecule has 100 valence electrons. The first kappa shape index (κ1) is 13.8. The number of halogens is 2. The van der Waals surface area contributed by atoms with E-state index in [0.29, 0.717) is 11.2 Å². The molecule has 2 nitrogen and oxygen atoms in total. The number of para-hydroxylation sites is 1. The third-order valence-electron chi connectivity index (χ3n) is 2.92. The van der Waals surface area contributed by atoms with Gasteiger partial charge in [0.15, 0.2) is 0 Å². The standard InChI is InChI=1S/C16H11BrINO/c17-10-12-8-11-4-1-2-7-15(11)19-16(12)20-14-6-3-5-13(18)9-14/h1-9H,10H2. The molecule has 0 saturated heterocycles. The van der Waals surface area contributed by atoms with Gasteiger partial charge in [-0.1, -0.05) is 40.2 Å². The Morgan fingerprint density at radius 2 is 1.90 bits per heavy atom. The average Bonchev–Trinajstić information content (AvgIpc) is 2.46. The monoisotopic (exact) mass is 439 g/mol. The van der Waals surface area contributed by atoms with Gasteiger partial charge in [0.05, 0.1) is 5.52 Å². The van der Waals surface area contributed by atoms with E-state index in [-0.39, 0.29) is 0 Å². The topological polar surface area (TPSA) is 22.1 Å². The summed E-state index contributed by atoms with van der Waals surface area (Å²) in [5, 5.41) is 1.83. The van der Waals surface area contributed by atoms with E-state index in [0.717, 1.165) is 25.8 Å². The van der Waals surface area contributed by atoms with E-state index >= 15 is 0 Å². The summed E-state index contributed by atoms with van der Waals surface area (Å²) in [4.78, 5) is 4.62. The number of aromatic nitrogens is 1. The van der Waals surface area contributed by atoms with Crippen LogP contribution in [-0.4, -0.2) is 4.98 Å². The number of hydrogen-bond donors (Lipinski definition) is 0. The van der Waals surface area contributed by atoms with Crippen molar-refractivity contribution in [3.05, 3.63) is 63.7 Å². The van der Waals surface area contributed by atoms with Crippen molar-refractivity contribution in [2.45, 2.75) is 5.33 Å². The van der Waals surface area contributed by atoms with Gasteiger partial charge in [0.1, 0.15) is 5.75 Å². The number of alkyl halides is 1. The first-order chi connectivity index (χ1) is 9.76. The molecule has 20 heavy (non-hydrogen) atoms. The quantitative estimate of drug-likeness (QED) is 0.395. The van der Waals surface area contributed by atoms with E-state index in [1.165, 1.54) is 0 Å².